The van der Waals surface area contributed by atoms with Crippen molar-refractivity contribution in [3.05, 3.63) is 12.7 Å². The van der Waals surface area contributed by atoms with Gasteiger partial charge in [0.25, 0.3) is 0 Å². The van der Waals surface area contributed by atoms with Crippen LogP contribution in [0.2, 0.25) is 0 Å². The van der Waals surface area contributed by atoms with Crippen LogP contribution in [-0.2, 0) is 0 Å². The second kappa shape index (κ2) is 3.83. The van der Waals surface area contributed by atoms with E-state index in [2.05, 4.69) is 12.7 Å². The van der Waals surface area contributed by atoms with Crippen LogP contribution >= 0.6 is 0 Å². The van der Waals surface area contributed by atoms with Crippen LogP contribution < -0.4 is 0 Å². The number of hydrogen-bond donors (Lipinski definition) is 1. The first-order valence-electron chi connectivity index (χ1n) is 5.60. The molecule has 2 fully saturated rings. The van der Waals surface area contributed by atoms with Crippen molar-refractivity contribution in [2.45, 2.75) is 44.6 Å². The highest BCUT2D eigenvalue weighted by Gasteiger charge is 2.33. The van der Waals surface area contributed by atoms with Crippen LogP contribution in [0.15, 0.2) is 12.7 Å². The van der Waals surface area contributed by atoms with Gasteiger partial charge >= 0.3 is 0 Å². The van der Waals surface area contributed by atoms with E-state index in [-0.39, 0.29) is 6.10 Å². The summed E-state index contributed by atoms with van der Waals surface area (Å²) in [5, 5.41) is 9.58. The Kier molecular flexibility index (Phi) is 2.73. The lowest BCUT2D eigenvalue weighted by Gasteiger charge is -2.40. The van der Waals surface area contributed by atoms with Crippen LogP contribution in [-0.4, -0.2) is 11.2 Å². The fraction of sp³-hybridized carbons (Fsp3) is 0.833. The van der Waals surface area contributed by atoms with Gasteiger partial charge in [-0.05, 0) is 56.3 Å². The number of aliphatic hydroxyl groups is 1. The molecule has 13 heavy (non-hydrogen) atoms. The lowest BCUT2D eigenvalue weighted by atomic mass is 9.67. The summed E-state index contributed by atoms with van der Waals surface area (Å²) >= 11 is 0. The minimum atomic E-state index is -0.00943. The molecule has 2 rings (SSSR count). The molecule has 0 heterocycles. The maximum Gasteiger partial charge on any atom is 0.0543 e. The third-order valence-electron chi connectivity index (χ3n) is 3.96. The van der Waals surface area contributed by atoms with Gasteiger partial charge in [-0.1, -0.05) is 6.08 Å². The number of allylic oxidation sites excluding steroid dienone is 1. The SMILES string of the molecule is C=CC1CCC2CCC(O)CC2C1. The van der Waals surface area contributed by atoms with E-state index < -0.39 is 0 Å². The molecule has 1 nitrogen and oxygen atoms in total. The Balaban J connectivity index is 1.95. The summed E-state index contributed by atoms with van der Waals surface area (Å²) in [6.45, 7) is 3.88. The van der Waals surface area contributed by atoms with E-state index in [1.165, 1.54) is 25.7 Å². The Hall–Kier alpha value is -0.300. The fourth-order valence-corrected chi connectivity index (χ4v) is 3.12. The first-order valence-corrected chi connectivity index (χ1v) is 5.60. The molecule has 74 valence electrons. The van der Waals surface area contributed by atoms with Crippen molar-refractivity contribution in [3.8, 4) is 0 Å². The molecule has 4 atom stereocenters. The van der Waals surface area contributed by atoms with Crippen LogP contribution in [0.1, 0.15) is 38.5 Å². The predicted molar refractivity (Wildman–Crippen MR) is 54.4 cm³/mol. The first kappa shape index (κ1) is 9.26. The summed E-state index contributed by atoms with van der Waals surface area (Å²) in [6.07, 6.45) is 9.44. The maximum absolute atomic E-state index is 9.58. The summed E-state index contributed by atoms with van der Waals surface area (Å²) in [5.74, 6) is 2.44. The van der Waals surface area contributed by atoms with Gasteiger partial charge in [0.05, 0.1) is 6.10 Å². The van der Waals surface area contributed by atoms with Crippen molar-refractivity contribution in [3.63, 3.8) is 0 Å². The Morgan fingerprint density at radius 1 is 1.00 bits per heavy atom. The Bertz CT molecular complexity index is 188. The van der Waals surface area contributed by atoms with E-state index in [0.717, 1.165) is 30.6 Å². The average molecular weight is 180 g/mol. The molecule has 0 amide bonds. The Morgan fingerprint density at radius 3 is 2.54 bits per heavy atom. The molecule has 2 aliphatic carbocycles. The summed E-state index contributed by atoms with van der Waals surface area (Å²) in [6, 6.07) is 0. The predicted octanol–water partition coefficient (Wildman–Crippen LogP) is 2.75. The lowest BCUT2D eigenvalue weighted by Crippen LogP contribution is -2.32. The van der Waals surface area contributed by atoms with Crippen molar-refractivity contribution >= 4 is 0 Å². The third kappa shape index (κ3) is 1.96. The highest BCUT2D eigenvalue weighted by atomic mass is 16.3. The van der Waals surface area contributed by atoms with Gasteiger partial charge in [0, 0.05) is 0 Å². The molecule has 0 aliphatic heterocycles. The highest BCUT2D eigenvalue weighted by Crippen LogP contribution is 2.42. The van der Waals surface area contributed by atoms with Gasteiger partial charge in [0.15, 0.2) is 0 Å². The zero-order chi connectivity index (χ0) is 9.26. The van der Waals surface area contributed by atoms with Crippen molar-refractivity contribution in [1.82, 2.24) is 0 Å². The molecule has 1 heteroatoms. The van der Waals surface area contributed by atoms with Crippen LogP contribution in [0.3, 0.4) is 0 Å². The largest absolute Gasteiger partial charge is 0.393 e. The topological polar surface area (TPSA) is 20.2 Å². The molecule has 0 aromatic carbocycles. The molecule has 0 radical (unpaired) electrons. The number of aliphatic hydroxyl groups excluding tert-OH is 1. The second-order valence-corrected chi connectivity index (χ2v) is 4.80. The second-order valence-electron chi connectivity index (χ2n) is 4.80. The zero-order valence-electron chi connectivity index (χ0n) is 8.28. The number of hydrogen-bond acceptors (Lipinski definition) is 1. The number of fused-ring (bicyclic) bond motifs is 1. The monoisotopic (exact) mass is 180 g/mol. The highest BCUT2D eigenvalue weighted by molar-refractivity contribution is 4.91. The van der Waals surface area contributed by atoms with Crippen LogP contribution in [0, 0.1) is 17.8 Å². The minimum Gasteiger partial charge on any atom is -0.393 e. The summed E-state index contributed by atoms with van der Waals surface area (Å²) in [7, 11) is 0. The van der Waals surface area contributed by atoms with Gasteiger partial charge < -0.3 is 5.11 Å². The normalized spacial score (nSPS) is 45.3. The van der Waals surface area contributed by atoms with E-state index in [0.29, 0.717) is 0 Å². The molecule has 0 bridgehead atoms. The quantitative estimate of drug-likeness (QED) is 0.615. The van der Waals surface area contributed by atoms with Gasteiger partial charge in [-0.3, -0.25) is 0 Å². The molecular weight excluding hydrogens is 160 g/mol. The fourth-order valence-electron chi connectivity index (χ4n) is 3.12. The Labute approximate surface area is 80.8 Å². The van der Waals surface area contributed by atoms with Crippen LogP contribution in [0.5, 0.6) is 0 Å². The van der Waals surface area contributed by atoms with Crippen LogP contribution in [0.4, 0.5) is 0 Å². The Morgan fingerprint density at radius 2 is 1.77 bits per heavy atom. The minimum absolute atomic E-state index is 0.00943. The van der Waals surface area contributed by atoms with E-state index in [1.807, 2.05) is 0 Å². The molecule has 0 saturated heterocycles. The molecule has 0 aromatic heterocycles. The molecule has 0 aromatic rings. The summed E-state index contributed by atoms with van der Waals surface area (Å²) in [5.41, 5.74) is 0. The maximum atomic E-state index is 9.58. The summed E-state index contributed by atoms with van der Waals surface area (Å²) in [4.78, 5) is 0. The molecule has 4 unspecified atom stereocenters. The van der Waals surface area contributed by atoms with Crippen LogP contribution in [0.25, 0.3) is 0 Å². The third-order valence-corrected chi connectivity index (χ3v) is 3.96. The average Bonchev–Trinajstić information content (AvgIpc) is 2.16. The zero-order valence-corrected chi connectivity index (χ0v) is 8.28. The van der Waals surface area contributed by atoms with Gasteiger partial charge in [0.2, 0.25) is 0 Å². The molecule has 2 saturated carbocycles. The van der Waals surface area contributed by atoms with E-state index in [1.54, 1.807) is 0 Å². The number of rotatable bonds is 1. The first-order chi connectivity index (χ1) is 6.29. The van der Waals surface area contributed by atoms with Gasteiger partial charge in [-0.2, -0.15) is 0 Å². The van der Waals surface area contributed by atoms with Crippen molar-refractivity contribution in [1.29, 1.82) is 0 Å². The van der Waals surface area contributed by atoms with Gasteiger partial charge in [-0.15, -0.1) is 6.58 Å². The molecule has 1 N–H and O–H groups in total. The van der Waals surface area contributed by atoms with E-state index in [4.69, 9.17) is 0 Å². The summed E-state index contributed by atoms with van der Waals surface area (Å²) < 4.78 is 0. The van der Waals surface area contributed by atoms with Gasteiger partial charge in [0.1, 0.15) is 0 Å². The lowest BCUT2D eigenvalue weighted by molar-refractivity contribution is 0.0407. The van der Waals surface area contributed by atoms with Crippen molar-refractivity contribution in [2.24, 2.45) is 17.8 Å². The van der Waals surface area contributed by atoms with E-state index >= 15 is 0 Å². The molecule has 2 aliphatic rings. The van der Waals surface area contributed by atoms with E-state index in [9.17, 15) is 5.11 Å². The van der Waals surface area contributed by atoms with Crippen molar-refractivity contribution < 1.29 is 5.11 Å². The molecule has 0 spiro atoms. The van der Waals surface area contributed by atoms with Gasteiger partial charge in [-0.25, -0.2) is 0 Å². The standard InChI is InChI=1S/C12H20O/c1-2-9-3-4-10-5-6-12(13)8-11(10)7-9/h2,9-13H,1,3-8H2. The smallest absolute Gasteiger partial charge is 0.0543 e. The van der Waals surface area contributed by atoms with Crippen molar-refractivity contribution in [2.75, 3.05) is 0 Å². The molecular formula is C12H20O.